The molecule has 2 amide bonds. The predicted molar refractivity (Wildman–Crippen MR) is 85.6 cm³/mol. The van der Waals surface area contributed by atoms with Crippen LogP contribution in [0.1, 0.15) is 24.6 Å². The maximum absolute atomic E-state index is 12.2. The Labute approximate surface area is 136 Å². The molecule has 5 nitrogen and oxygen atoms in total. The molecule has 7 heteroatoms. The number of nitrogens with one attached hydrogen (secondary N) is 1. The van der Waals surface area contributed by atoms with E-state index < -0.39 is 12.0 Å². The summed E-state index contributed by atoms with van der Waals surface area (Å²) in [5, 5.41) is 12.1. The second-order valence-electron chi connectivity index (χ2n) is 5.36. The first-order chi connectivity index (χ1) is 9.97. The number of carbonyl (C=O) groups excluding carboxylic acids is 1. The number of halogens is 1. The number of thiophene rings is 1. The van der Waals surface area contributed by atoms with Gasteiger partial charge in [0.15, 0.2) is 0 Å². The van der Waals surface area contributed by atoms with E-state index in [1.165, 1.54) is 9.78 Å². The topological polar surface area (TPSA) is 69.6 Å². The average molecular weight is 375 g/mol. The zero-order valence-corrected chi connectivity index (χ0v) is 14.2. The number of amides is 2. The van der Waals surface area contributed by atoms with Crippen molar-refractivity contribution in [2.45, 2.75) is 32.2 Å². The maximum atomic E-state index is 12.2. The van der Waals surface area contributed by atoms with Gasteiger partial charge in [0, 0.05) is 18.0 Å². The Morgan fingerprint density at radius 2 is 2.29 bits per heavy atom. The molecule has 21 heavy (non-hydrogen) atoms. The van der Waals surface area contributed by atoms with Crippen molar-refractivity contribution in [3.63, 3.8) is 0 Å². The molecule has 2 N–H and O–H groups in total. The van der Waals surface area contributed by atoms with Gasteiger partial charge in [-0.1, -0.05) is 6.92 Å². The third kappa shape index (κ3) is 4.44. The van der Waals surface area contributed by atoms with Crippen LogP contribution in [0.3, 0.4) is 0 Å². The first-order valence-corrected chi connectivity index (χ1v) is 8.60. The Bertz CT molecular complexity index is 520. The minimum Gasteiger partial charge on any atom is -0.480 e. The van der Waals surface area contributed by atoms with Gasteiger partial charge in [0.25, 0.3) is 0 Å². The van der Waals surface area contributed by atoms with E-state index in [1.807, 2.05) is 19.1 Å². The quantitative estimate of drug-likeness (QED) is 0.850. The Balaban J connectivity index is 1.85. The van der Waals surface area contributed by atoms with E-state index in [0.29, 0.717) is 25.4 Å². The number of carboxylic acids is 1. The number of hydrogen-bond donors (Lipinski definition) is 2. The fraction of sp³-hybridized carbons (Fsp3) is 0.571. The van der Waals surface area contributed by atoms with Crippen molar-refractivity contribution in [3.05, 3.63) is 20.8 Å². The summed E-state index contributed by atoms with van der Waals surface area (Å²) < 4.78 is 1.07. The van der Waals surface area contributed by atoms with Gasteiger partial charge in [0.05, 0.1) is 3.79 Å². The lowest BCUT2D eigenvalue weighted by atomic mass is 9.93. The molecule has 1 aliphatic heterocycles. The molecule has 1 aromatic rings. The van der Waals surface area contributed by atoms with Crippen molar-refractivity contribution in [1.82, 2.24) is 10.2 Å². The number of nitrogens with zero attached hydrogens (tertiary/aromatic N) is 1. The van der Waals surface area contributed by atoms with Crippen molar-refractivity contribution in [2.75, 3.05) is 13.1 Å². The van der Waals surface area contributed by atoms with Gasteiger partial charge < -0.3 is 15.3 Å². The number of urea groups is 1. The minimum absolute atomic E-state index is 0.273. The number of carboxylic acid groups (broad SMARTS) is 1. The van der Waals surface area contributed by atoms with E-state index in [4.69, 9.17) is 0 Å². The molecule has 0 aliphatic carbocycles. The summed E-state index contributed by atoms with van der Waals surface area (Å²) in [7, 11) is 0. The SMILES string of the molecule is CC1CCN(C(=O)NCCc2ccc(Br)s2)C(C(=O)O)C1. The molecule has 2 rings (SSSR count). The lowest BCUT2D eigenvalue weighted by Gasteiger charge is -2.35. The van der Waals surface area contributed by atoms with Crippen molar-refractivity contribution >= 4 is 39.3 Å². The van der Waals surface area contributed by atoms with Gasteiger partial charge >= 0.3 is 12.0 Å². The monoisotopic (exact) mass is 374 g/mol. The Hall–Kier alpha value is -1.08. The normalized spacial score (nSPS) is 22.1. The molecular formula is C14H19BrN2O3S. The summed E-state index contributed by atoms with van der Waals surface area (Å²) >= 11 is 5.04. The fourth-order valence-electron chi connectivity index (χ4n) is 2.50. The van der Waals surface area contributed by atoms with Crippen LogP contribution in [0.4, 0.5) is 4.79 Å². The van der Waals surface area contributed by atoms with Gasteiger partial charge in [-0.25, -0.2) is 9.59 Å². The van der Waals surface area contributed by atoms with Crippen molar-refractivity contribution in [1.29, 1.82) is 0 Å². The highest BCUT2D eigenvalue weighted by Crippen LogP contribution is 2.23. The first kappa shape index (κ1) is 16.3. The highest BCUT2D eigenvalue weighted by Gasteiger charge is 2.34. The highest BCUT2D eigenvalue weighted by molar-refractivity contribution is 9.11. The van der Waals surface area contributed by atoms with Gasteiger partial charge in [-0.05, 0) is 53.2 Å². The largest absolute Gasteiger partial charge is 0.480 e. The molecule has 2 unspecified atom stereocenters. The van der Waals surface area contributed by atoms with Crippen molar-refractivity contribution in [3.8, 4) is 0 Å². The predicted octanol–water partition coefficient (Wildman–Crippen LogP) is 2.95. The molecule has 0 saturated carbocycles. The van der Waals surface area contributed by atoms with Crippen LogP contribution in [-0.4, -0.2) is 41.1 Å². The summed E-state index contributed by atoms with van der Waals surface area (Å²) in [6, 6.07) is 3.02. The lowest BCUT2D eigenvalue weighted by molar-refractivity contribution is -0.143. The molecule has 1 aliphatic rings. The third-order valence-corrected chi connectivity index (χ3v) is 5.37. The van der Waals surface area contributed by atoms with Crippen LogP contribution in [0.15, 0.2) is 15.9 Å². The standard InChI is InChI=1S/C14H19BrN2O3S/c1-9-5-7-17(11(8-9)13(18)19)14(20)16-6-4-10-2-3-12(15)21-10/h2-3,9,11H,4-8H2,1H3,(H,16,20)(H,18,19). The van der Waals surface area contributed by atoms with Crippen LogP contribution in [0.25, 0.3) is 0 Å². The van der Waals surface area contributed by atoms with Crippen LogP contribution in [0.5, 0.6) is 0 Å². The summed E-state index contributed by atoms with van der Waals surface area (Å²) in [6.07, 6.45) is 2.14. The Morgan fingerprint density at radius 1 is 1.52 bits per heavy atom. The van der Waals surface area contributed by atoms with Crippen LogP contribution in [-0.2, 0) is 11.2 Å². The molecule has 0 spiro atoms. The van der Waals surface area contributed by atoms with E-state index in [1.54, 1.807) is 11.3 Å². The van der Waals surface area contributed by atoms with E-state index >= 15 is 0 Å². The van der Waals surface area contributed by atoms with E-state index in [2.05, 4.69) is 21.2 Å². The van der Waals surface area contributed by atoms with Gasteiger partial charge in [0.1, 0.15) is 6.04 Å². The second kappa shape index (κ2) is 7.26. The number of aliphatic carboxylic acids is 1. The number of piperidine rings is 1. The van der Waals surface area contributed by atoms with Gasteiger partial charge in [-0.2, -0.15) is 0 Å². The zero-order valence-electron chi connectivity index (χ0n) is 11.8. The van der Waals surface area contributed by atoms with Crippen LogP contribution in [0.2, 0.25) is 0 Å². The molecule has 0 radical (unpaired) electrons. The lowest BCUT2D eigenvalue weighted by Crippen LogP contribution is -2.53. The average Bonchev–Trinajstić information content (AvgIpc) is 2.84. The molecular weight excluding hydrogens is 356 g/mol. The minimum atomic E-state index is -0.918. The smallest absolute Gasteiger partial charge is 0.326 e. The molecule has 0 bridgehead atoms. The highest BCUT2D eigenvalue weighted by atomic mass is 79.9. The number of likely N-dealkylation sites (tertiary alicyclic amines) is 1. The van der Waals surface area contributed by atoms with Gasteiger partial charge in [0.2, 0.25) is 0 Å². The van der Waals surface area contributed by atoms with E-state index in [0.717, 1.165) is 16.6 Å². The van der Waals surface area contributed by atoms with Crippen molar-refractivity contribution in [2.24, 2.45) is 5.92 Å². The first-order valence-electron chi connectivity index (χ1n) is 6.99. The van der Waals surface area contributed by atoms with Gasteiger partial charge in [-0.15, -0.1) is 11.3 Å². The maximum Gasteiger partial charge on any atom is 0.326 e. The molecule has 116 valence electrons. The molecule has 2 atom stereocenters. The van der Waals surface area contributed by atoms with Crippen LogP contribution < -0.4 is 5.32 Å². The summed E-state index contributed by atoms with van der Waals surface area (Å²) in [5.41, 5.74) is 0. The summed E-state index contributed by atoms with van der Waals surface area (Å²) in [5.74, 6) is -0.572. The second-order valence-corrected chi connectivity index (χ2v) is 7.91. The van der Waals surface area contributed by atoms with Gasteiger partial charge in [-0.3, -0.25) is 0 Å². The molecule has 1 saturated heterocycles. The van der Waals surface area contributed by atoms with Crippen molar-refractivity contribution < 1.29 is 14.7 Å². The number of carbonyl (C=O) groups is 2. The number of hydrogen-bond acceptors (Lipinski definition) is 3. The van der Waals surface area contributed by atoms with E-state index in [9.17, 15) is 14.7 Å². The van der Waals surface area contributed by atoms with E-state index in [-0.39, 0.29) is 6.03 Å². The Morgan fingerprint density at radius 3 is 2.90 bits per heavy atom. The zero-order chi connectivity index (χ0) is 15.4. The molecule has 1 fully saturated rings. The fourth-order valence-corrected chi connectivity index (χ4v) is 3.98. The summed E-state index contributed by atoms with van der Waals surface area (Å²) in [6.45, 7) is 3.05. The van der Waals surface area contributed by atoms with Crippen LogP contribution >= 0.6 is 27.3 Å². The third-order valence-electron chi connectivity index (χ3n) is 3.69. The number of rotatable bonds is 4. The molecule has 1 aromatic heterocycles. The molecule has 0 aromatic carbocycles. The van der Waals surface area contributed by atoms with Crippen LogP contribution in [0, 0.1) is 5.92 Å². The molecule has 2 heterocycles. The summed E-state index contributed by atoms with van der Waals surface area (Å²) in [4.78, 5) is 26.1. The Kier molecular flexibility index (Phi) is 5.64.